The molecule has 0 bridgehead atoms. The molecule has 1 heterocycles. The standard InChI is InChI=1S/C18H19F2NO2S/c1-13-2-8-17(9-3-13)24(22,23)21-11-10-16(20)12-18(21)14-4-6-15(19)7-5-14/h2-9,16,18H,10-12H2,1H3/t16-,18-/m1/s1. The molecular weight excluding hydrogens is 332 g/mol. The zero-order valence-electron chi connectivity index (χ0n) is 13.3. The van der Waals surface area contributed by atoms with E-state index in [2.05, 4.69) is 0 Å². The van der Waals surface area contributed by atoms with E-state index in [9.17, 15) is 17.2 Å². The van der Waals surface area contributed by atoms with Crippen LogP contribution in [0.3, 0.4) is 0 Å². The van der Waals surface area contributed by atoms with Crippen LogP contribution >= 0.6 is 0 Å². The van der Waals surface area contributed by atoms with Crippen LogP contribution in [0, 0.1) is 12.7 Å². The largest absolute Gasteiger partial charge is 0.247 e. The normalized spacial score (nSPS) is 22.5. The molecule has 3 nitrogen and oxygen atoms in total. The molecule has 0 aliphatic carbocycles. The zero-order valence-corrected chi connectivity index (χ0v) is 14.1. The van der Waals surface area contributed by atoms with Gasteiger partial charge in [0.1, 0.15) is 12.0 Å². The van der Waals surface area contributed by atoms with Gasteiger partial charge in [0.25, 0.3) is 0 Å². The third-order valence-electron chi connectivity index (χ3n) is 4.37. The molecule has 2 aromatic carbocycles. The highest BCUT2D eigenvalue weighted by atomic mass is 32.2. The van der Waals surface area contributed by atoms with Crippen molar-refractivity contribution in [3.63, 3.8) is 0 Å². The summed E-state index contributed by atoms with van der Waals surface area (Å²) in [5, 5.41) is 0. The van der Waals surface area contributed by atoms with Crippen LogP contribution in [0.1, 0.15) is 30.0 Å². The molecule has 0 N–H and O–H groups in total. The van der Waals surface area contributed by atoms with E-state index >= 15 is 0 Å². The Balaban J connectivity index is 1.99. The molecule has 3 rings (SSSR count). The van der Waals surface area contributed by atoms with Gasteiger partial charge in [0.15, 0.2) is 0 Å². The van der Waals surface area contributed by atoms with Gasteiger partial charge < -0.3 is 0 Å². The van der Waals surface area contributed by atoms with E-state index in [1.54, 1.807) is 24.3 Å². The topological polar surface area (TPSA) is 37.4 Å². The lowest BCUT2D eigenvalue weighted by molar-refractivity contribution is 0.156. The van der Waals surface area contributed by atoms with E-state index in [4.69, 9.17) is 0 Å². The Morgan fingerprint density at radius 1 is 1.04 bits per heavy atom. The molecule has 0 saturated carbocycles. The van der Waals surface area contributed by atoms with Gasteiger partial charge in [0.05, 0.1) is 10.9 Å². The van der Waals surface area contributed by atoms with E-state index in [-0.39, 0.29) is 24.3 Å². The fraction of sp³-hybridized carbons (Fsp3) is 0.333. The molecule has 0 aromatic heterocycles. The zero-order chi connectivity index (χ0) is 17.3. The average Bonchev–Trinajstić information content (AvgIpc) is 2.55. The molecule has 6 heteroatoms. The highest BCUT2D eigenvalue weighted by Gasteiger charge is 2.37. The number of aryl methyl sites for hydroxylation is 1. The lowest BCUT2D eigenvalue weighted by atomic mass is 9.96. The summed E-state index contributed by atoms with van der Waals surface area (Å²) in [5.41, 5.74) is 1.57. The van der Waals surface area contributed by atoms with Crippen molar-refractivity contribution >= 4 is 10.0 Å². The van der Waals surface area contributed by atoms with Crippen LogP contribution in [0.15, 0.2) is 53.4 Å². The van der Waals surface area contributed by atoms with E-state index < -0.39 is 28.1 Å². The van der Waals surface area contributed by atoms with Gasteiger partial charge in [-0.05, 0) is 49.6 Å². The number of alkyl halides is 1. The number of rotatable bonds is 3. The summed E-state index contributed by atoms with van der Waals surface area (Å²) >= 11 is 0. The Bertz CT molecular complexity index is 804. The molecular formula is C18H19F2NO2S. The van der Waals surface area contributed by atoms with E-state index in [1.165, 1.54) is 28.6 Å². The molecule has 0 unspecified atom stereocenters. The highest BCUT2D eigenvalue weighted by Crippen LogP contribution is 2.36. The Morgan fingerprint density at radius 2 is 1.67 bits per heavy atom. The van der Waals surface area contributed by atoms with Crippen molar-refractivity contribution in [1.29, 1.82) is 0 Å². The van der Waals surface area contributed by atoms with Gasteiger partial charge >= 0.3 is 0 Å². The number of piperidine rings is 1. The Morgan fingerprint density at radius 3 is 2.29 bits per heavy atom. The summed E-state index contributed by atoms with van der Waals surface area (Å²) < 4.78 is 54.4. The Labute approximate surface area is 141 Å². The first kappa shape index (κ1) is 17.0. The Kier molecular flexibility index (Phi) is 4.69. The SMILES string of the molecule is Cc1ccc(S(=O)(=O)N2CC[C@@H](F)C[C@@H]2c2ccc(F)cc2)cc1. The van der Waals surface area contributed by atoms with E-state index in [0.717, 1.165) is 5.56 Å². The molecule has 1 aliphatic rings. The van der Waals surface area contributed by atoms with Crippen molar-refractivity contribution in [3.05, 3.63) is 65.5 Å². The lowest BCUT2D eigenvalue weighted by Crippen LogP contribution is -2.41. The number of hydrogen-bond donors (Lipinski definition) is 0. The van der Waals surface area contributed by atoms with Crippen molar-refractivity contribution in [1.82, 2.24) is 4.31 Å². The van der Waals surface area contributed by atoms with Gasteiger partial charge in [-0.25, -0.2) is 17.2 Å². The monoisotopic (exact) mass is 351 g/mol. The molecule has 1 saturated heterocycles. The summed E-state index contributed by atoms with van der Waals surface area (Å²) in [7, 11) is -3.74. The van der Waals surface area contributed by atoms with Crippen molar-refractivity contribution in [3.8, 4) is 0 Å². The summed E-state index contributed by atoms with van der Waals surface area (Å²) in [6.07, 6.45) is -0.816. The van der Waals surface area contributed by atoms with Crippen LogP contribution < -0.4 is 0 Å². The molecule has 2 atom stereocenters. The first-order valence-electron chi connectivity index (χ1n) is 7.86. The number of sulfonamides is 1. The smallest absolute Gasteiger partial charge is 0.243 e. The second-order valence-corrected chi connectivity index (χ2v) is 8.01. The van der Waals surface area contributed by atoms with Crippen LogP contribution in [0.4, 0.5) is 8.78 Å². The number of benzene rings is 2. The van der Waals surface area contributed by atoms with Gasteiger partial charge in [-0.2, -0.15) is 4.31 Å². The van der Waals surface area contributed by atoms with E-state index in [1.807, 2.05) is 6.92 Å². The first-order valence-corrected chi connectivity index (χ1v) is 9.30. The van der Waals surface area contributed by atoms with Crippen LogP contribution in [0.5, 0.6) is 0 Å². The third kappa shape index (κ3) is 3.35. The van der Waals surface area contributed by atoms with Crippen LogP contribution in [0.25, 0.3) is 0 Å². The molecule has 0 radical (unpaired) electrons. The van der Waals surface area contributed by atoms with Crippen LogP contribution in [-0.4, -0.2) is 25.4 Å². The van der Waals surface area contributed by atoms with Crippen molar-refractivity contribution in [2.75, 3.05) is 6.54 Å². The summed E-state index contributed by atoms with van der Waals surface area (Å²) in [6.45, 7) is 1.99. The second kappa shape index (κ2) is 6.61. The summed E-state index contributed by atoms with van der Waals surface area (Å²) in [6, 6.07) is 11.6. The predicted octanol–water partition coefficient (Wildman–Crippen LogP) is 4.00. The van der Waals surface area contributed by atoms with Crippen LogP contribution in [-0.2, 0) is 10.0 Å². The maximum atomic E-state index is 13.9. The molecule has 128 valence electrons. The molecule has 2 aromatic rings. The summed E-state index contributed by atoms with van der Waals surface area (Å²) in [4.78, 5) is 0.192. The molecule has 1 aliphatic heterocycles. The quantitative estimate of drug-likeness (QED) is 0.838. The highest BCUT2D eigenvalue weighted by molar-refractivity contribution is 7.89. The summed E-state index contributed by atoms with van der Waals surface area (Å²) in [5.74, 6) is -0.403. The van der Waals surface area contributed by atoms with Crippen molar-refractivity contribution < 1.29 is 17.2 Å². The Hall–Kier alpha value is -1.79. The maximum absolute atomic E-state index is 13.9. The molecule has 0 spiro atoms. The lowest BCUT2D eigenvalue weighted by Gasteiger charge is -2.36. The van der Waals surface area contributed by atoms with Crippen molar-refractivity contribution in [2.24, 2.45) is 0 Å². The maximum Gasteiger partial charge on any atom is 0.243 e. The second-order valence-electron chi connectivity index (χ2n) is 6.12. The van der Waals surface area contributed by atoms with Crippen molar-refractivity contribution in [2.45, 2.75) is 36.9 Å². The third-order valence-corrected chi connectivity index (χ3v) is 6.29. The van der Waals surface area contributed by atoms with Gasteiger partial charge in [-0.3, -0.25) is 0 Å². The minimum atomic E-state index is -3.74. The van der Waals surface area contributed by atoms with Crippen LogP contribution in [0.2, 0.25) is 0 Å². The number of halogens is 2. The molecule has 0 amide bonds. The number of nitrogens with zero attached hydrogens (tertiary/aromatic N) is 1. The minimum absolute atomic E-state index is 0.0801. The molecule has 1 fully saturated rings. The molecule has 24 heavy (non-hydrogen) atoms. The van der Waals surface area contributed by atoms with Gasteiger partial charge in [-0.15, -0.1) is 0 Å². The first-order chi connectivity index (χ1) is 11.4. The van der Waals surface area contributed by atoms with E-state index in [0.29, 0.717) is 5.56 Å². The number of hydrogen-bond acceptors (Lipinski definition) is 2. The fourth-order valence-corrected chi connectivity index (χ4v) is 4.66. The minimum Gasteiger partial charge on any atom is -0.247 e. The predicted molar refractivity (Wildman–Crippen MR) is 88.3 cm³/mol. The fourth-order valence-electron chi connectivity index (χ4n) is 3.02. The van der Waals surface area contributed by atoms with Gasteiger partial charge in [-0.1, -0.05) is 29.8 Å². The average molecular weight is 351 g/mol. The van der Waals surface area contributed by atoms with Gasteiger partial charge in [0, 0.05) is 6.54 Å². The van der Waals surface area contributed by atoms with Gasteiger partial charge in [0.2, 0.25) is 10.0 Å².